The normalized spacial score (nSPS) is 15.8. The topological polar surface area (TPSA) is 67.3 Å². The molecule has 2 heterocycles. The van der Waals surface area contributed by atoms with E-state index in [0.717, 1.165) is 34.8 Å². The molecule has 0 aliphatic carbocycles. The average molecular weight is 427 g/mol. The van der Waals surface area contributed by atoms with Gasteiger partial charge in [-0.2, -0.15) is 0 Å². The number of thioether (sulfide) groups is 1. The summed E-state index contributed by atoms with van der Waals surface area (Å²) in [6.45, 7) is 5.60. The third kappa shape index (κ3) is 5.13. The third-order valence-corrected chi connectivity index (χ3v) is 5.94. The molecule has 1 saturated heterocycles. The van der Waals surface area contributed by atoms with Gasteiger partial charge in [-0.3, -0.25) is 9.69 Å². The number of rotatable bonds is 6. The molecule has 0 radical (unpaired) electrons. The van der Waals surface area contributed by atoms with E-state index in [1.807, 2.05) is 31.2 Å². The summed E-state index contributed by atoms with van der Waals surface area (Å²) >= 11 is 1.38. The Bertz CT molecular complexity index is 1040. The molecule has 0 spiro atoms. The van der Waals surface area contributed by atoms with Crippen molar-refractivity contribution in [3.63, 3.8) is 0 Å². The van der Waals surface area contributed by atoms with Gasteiger partial charge in [-0.15, -0.1) is 0 Å². The molecule has 0 saturated carbocycles. The second kappa shape index (κ2) is 9.51. The second-order valence-corrected chi connectivity index (χ2v) is 8.44. The number of fused-ring (bicyclic) bond motifs is 1. The quantitative estimate of drug-likeness (QED) is 0.479. The van der Waals surface area contributed by atoms with Crippen molar-refractivity contribution >= 4 is 34.3 Å². The van der Waals surface area contributed by atoms with E-state index in [9.17, 15) is 9.18 Å². The molecular formula is C22H23FN4O2S. The van der Waals surface area contributed by atoms with Gasteiger partial charge < -0.3 is 10.1 Å². The first kappa shape index (κ1) is 20.7. The first-order valence-electron chi connectivity index (χ1n) is 9.87. The van der Waals surface area contributed by atoms with Crippen molar-refractivity contribution in [3.05, 3.63) is 60.2 Å². The summed E-state index contributed by atoms with van der Waals surface area (Å²) in [5.41, 5.74) is 1.30. The molecule has 1 atom stereocenters. The van der Waals surface area contributed by atoms with Crippen LogP contribution in [0.15, 0.2) is 53.6 Å². The lowest BCUT2D eigenvalue weighted by molar-refractivity contribution is -0.115. The molecule has 0 unspecified atom stereocenters. The van der Waals surface area contributed by atoms with Crippen LogP contribution in [-0.2, 0) is 16.1 Å². The minimum Gasteiger partial charge on any atom is -0.379 e. The molecule has 4 rings (SSSR count). The van der Waals surface area contributed by atoms with Crippen molar-refractivity contribution in [1.82, 2.24) is 14.9 Å². The number of halogens is 1. The molecule has 1 aromatic heterocycles. The zero-order valence-corrected chi connectivity index (χ0v) is 17.5. The number of anilines is 1. The molecule has 1 aliphatic rings. The van der Waals surface area contributed by atoms with Crippen LogP contribution in [0.2, 0.25) is 0 Å². The van der Waals surface area contributed by atoms with Crippen LogP contribution < -0.4 is 5.32 Å². The first-order valence-corrected chi connectivity index (χ1v) is 10.8. The summed E-state index contributed by atoms with van der Waals surface area (Å²) in [7, 11) is 0. The Morgan fingerprint density at radius 2 is 2.00 bits per heavy atom. The molecule has 1 amide bonds. The fourth-order valence-electron chi connectivity index (χ4n) is 3.24. The van der Waals surface area contributed by atoms with Crippen LogP contribution in [0.4, 0.5) is 10.1 Å². The Kier molecular flexibility index (Phi) is 6.56. The molecule has 156 valence electrons. The molecule has 6 nitrogen and oxygen atoms in total. The molecule has 1 N–H and O–H groups in total. The zero-order valence-electron chi connectivity index (χ0n) is 16.7. The molecule has 1 fully saturated rings. The highest BCUT2D eigenvalue weighted by atomic mass is 32.2. The van der Waals surface area contributed by atoms with Crippen molar-refractivity contribution in [3.8, 4) is 0 Å². The van der Waals surface area contributed by atoms with Gasteiger partial charge in [0, 0.05) is 24.2 Å². The average Bonchev–Trinajstić information content (AvgIpc) is 2.74. The van der Waals surface area contributed by atoms with Gasteiger partial charge in [0.05, 0.1) is 30.5 Å². The predicted octanol–water partition coefficient (Wildman–Crippen LogP) is 3.72. The van der Waals surface area contributed by atoms with Crippen LogP contribution in [0.1, 0.15) is 12.7 Å². The van der Waals surface area contributed by atoms with Gasteiger partial charge in [0.1, 0.15) is 16.7 Å². The van der Waals surface area contributed by atoms with Crippen molar-refractivity contribution in [2.75, 3.05) is 31.6 Å². The lowest BCUT2D eigenvalue weighted by Gasteiger charge is -2.26. The van der Waals surface area contributed by atoms with Crippen LogP contribution in [-0.4, -0.2) is 52.3 Å². The van der Waals surface area contributed by atoms with Gasteiger partial charge in [-0.25, -0.2) is 14.4 Å². The van der Waals surface area contributed by atoms with Gasteiger partial charge in [-0.05, 0) is 31.2 Å². The fraction of sp³-hybridized carbons (Fsp3) is 0.318. The number of hydrogen-bond acceptors (Lipinski definition) is 6. The van der Waals surface area contributed by atoms with Crippen LogP contribution in [0.3, 0.4) is 0 Å². The zero-order chi connectivity index (χ0) is 20.9. The molecule has 1 aliphatic heterocycles. The fourth-order valence-corrected chi connectivity index (χ4v) is 4.20. The molecule has 2 aromatic carbocycles. The predicted molar refractivity (Wildman–Crippen MR) is 116 cm³/mol. The number of benzene rings is 2. The van der Waals surface area contributed by atoms with E-state index in [1.165, 1.54) is 23.9 Å². The summed E-state index contributed by atoms with van der Waals surface area (Å²) in [6.07, 6.45) is 0. The first-order chi connectivity index (χ1) is 14.6. The van der Waals surface area contributed by atoms with Crippen molar-refractivity contribution < 1.29 is 13.9 Å². The van der Waals surface area contributed by atoms with Gasteiger partial charge in [-0.1, -0.05) is 36.0 Å². The number of nitrogens with zero attached hydrogens (tertiary/aromatic N) is 3. The number of amides is 1. The summed E-state index contributed by atoms with van der Waals surface area (Å²) in [4.78, 5) is 24.4. The molecule has 0 bridgehead atoms. The van der Waals surface area contributed by atoms with Gasteiger partial charge in [0.15, 0.2) is 0 Å². The Morgan fingerprint density at radius 1 is 1.20 bits per heavy atom. The van der Waals surface area contributed by atoms with E-state index >= 15 is 0 Å². The van der Waals surface area contributed by atoms with Crippen LogP contribution in [0, 0.1) is 5.82 Å². The summed E-state index contributed by atoms with van der Waals surface area (Å²) in [6, 6.07) is 13.7. The Hall–Kier alpha value is -2.55. The lowest BCUT2D eigenvalue weighted by Crippen LogP contribution is -2.36. The largest absolute Gasteiger partial charge is 0.379 e. The lowest BCUT2D eigenvalue weighted by atomic mass is 10.2. The van der Waals surface area contributed by atoms with Crippen LogP contribution >= 0.6 is 11.8 Å². The number of carbonyl (C=O) groups is 1. The summed E-state index contributed by atoms with van der Waals surface area (Å²) in [5, 5.41) is 4.04. The maximum Gasteiger partial charge on any atom is 0.237 e. The minimum atomic E-state index is -0.414. The second-order valence-electron chi connectivity index (χ2n) is 7.11. The molecule has 30 heavy (non-hydrogen) atoms. The van der Waals surface area contributed by atoms with Crippen molar-refractivity contribution in [1.29, 1.82) is 0 Å². The van der Waals surface area contributed by atoms with Crippen LogP contribution in [0.5, 0.6) is 0 Å². The molecular weight excluding hydrogens is 403 g/mol. The standard InChI is InChI=1S/C22H23FN4O2S/c1-15(21(28)24-17-6-4-5-16(23)13-17)30-22-18-7-2-3-8-19(18)25-20(26-22)14-27-9-11-29-12-10-27/h2-8,13,15H,9-12,14H2,1H3,(H,24,28)/t15-/m1/s1. The van der Waals surface area contributed by atoms with Crippen molar-refractivity contribution in [2.24, 2.45) is 0 Å². The van der Waals surface area contributed by atoms with E-state index < -0.39 is 5.25 Å². The summed E-state index contributed by atoms with van der Waals surface area (Å²) < 4.78 is 18.8. The molecule has 3 aromatic rings. The maximum atomic E-state index is 13.4. The Morgan fingerprint density at radius 3 is 2.80 bits per heavy atom. The van der Waals surface area contributed by atoms with Gasteiger partial charge >= 0.3 is 0 Å². The number of carbonyl (C=O) groups excluding carboxylic acids is 1. The maximum absolute atomic E-state index is 13.4. The number of ether oxygens (including phenoxy) is 1. The summed E-state index contributed by atoms with van der Waals surface area (Å²) in [5.74, 6) is 0.140. The SMILES string of the molecule is C[C@@H](Sc1nc(CN2CCOCC2)nc2ccccc12)C(=O)Nc1cccc(F)c1. The number of nitrogens with one attached hydrogen (secondary N) is 1. The molecule has 8 heteroatoms. The highest BCUT2D eigenvalue weighted by Gasteiger charge is 2.19. The highest BCUT2D eigenvalue weighted by Crippen LogP contribution is 2.29. The number of aromatic nitrogens is 2. The Labute approximate surface area is 178 Å². The third-order valence-electron chi connectivity index (χ3n) is 4.83. The van der Waals surface area contributed by atoms with Crippen molar-refractivity contribution in [2.45, 2.75) is 23.7 Å². The van der Waals surface area contributed by atoms with E-state index in [0.29, 0.717) is 25.4 Å². The number of hydrogen-bond donors (Lipinski definition) is 1. The monoisotopic (exact) mass is 426 g/mol. The number of para-hydroxylation sites is 1. The van der Waals surface area contributed by atoms with Crippen LogP contribution in [0.25, 0.3) is 10.9 Å². The van der Waals surface area contributed by atoms with E-state index in [2.05, 4.69) is 10.2 Å². The van der Waals surface area contributed by atoms with E-state index in [1.54, 1.807) is 12.1 Å². The van der Waals surface area contributed by atoms with Gasteiger partial charge in [0.25, 0.3) is 0 Å². The van der Waals surface area contributed by atoms with E-state index in [4.69, 9.17) is 14.7 Å². The smallest absolute Gasteiger partial charge is 0.237 e. The van der Waals surface area contributed by atoms with E-state index in [-0.39, 0.29) is 11.7 Å². The number of morpholine rings is 1. The Balaban J connectivity index is 1.53. The minimum absolute atomic E-state index is 0.206. The van der Waals surface area contributed by atoms with Gasteiger partial charge in [0.2, 0.25) is 5.91 Å². The highest BCUT2D eigenvalue weighted by molar-refractivity contribution is 8.00.